The summed E-state index contributed by atoms with van der Waals surface area (Å²) in [7, 11) is 0. The minimum absolute atomic E-state index is 0.118. The number of carbonyl (C=O) groups excluding carboxylic acids is 1. The van der Waals surface area contributed by atoms with E-state index < -0.39 is 0 Å². The zero-order valence-corrected chi connectivity index (χ0v) is 13.3. The number of aryl methyl sites for hydroxylation is 1. The molecule has 0 fully saturated rings. The molecule has 3 N–H and O–H groups in total. The Kier molecular flexibility index (Phi) is 5.08. The first-order chi connectivity index (χ1) is 9.99. The molecule has 0 saturated heterocycles. The molecular weight excluding hydrogens is 310 g/mol. The maximum Gasteiger partial charge on any atom is 0.230 e. The summed E-state index contributed by atoms with van der Waals surface area (Å²) >= 11 is 7.34. The van der Waals surface area contributed by atoms with E-state index in [4.69, 9.17) is 17.4 Å². The highest BCUT2D eigenvalue weighted by Gasteiger charge is 2.14. The molecule has 0 unspecified atom stereocenters. The second-order valence-electron chi connectivity index (χ2n) is 4.50. The number of hydrogen-bond donors (Lipinski definition) is 2. The maximum absolute atomic E-state index is 12.0. The minimum atomic E-state index is -0.163. The quantitative estimate of drug-likeness (QED) is 0.648. The largest absolute Gasteiger partial charge is 0.349 e. The van der Waals surface area contributed by atoms with Crippen molar-refractivity contribution in [2.24, 2.45) is 0 Å². The van der Waals surface area contributed by atoms with Crippen LogP contribution in [0.25, 0.3) is 0 Å². The van der Waals surface area contributed by atoms with E-state index in [0.29, 0.717) is 16.0 Å². The average Bonchev–Trinajstić information content (AvgIpc) is 2.77. The summed E-state index contributed by atoms with van der Waals surface area (Å²) in [5.41, 5.74) is 0.885. The summed E-state index contributed by atoms with van der Waals surface area (Å²) in [6.45, 7) is 3.63. The first-order valence-electron chi connectivity index (χ1n) is 6.32. The van der Waals surface area contributed by atoms with Gasteiger partial charge in [-0.1, -0.05) is 41.6 Å². The molecule has 1 aromatic carbocycles. The van der Waals surface area contributed by atoms with Crippen molar-refractivity contribution in [3.63, 3.8) is 0 Å². The van der Waals surface area contributed by atoms with Gasteiger partial charge in [-0.25, -0.2) is 4.68 Å². The number of nitrogens with zero attached hydrogens (tertiary/aromatic N) is 3. The van der Waals surface area contributed by atoms with Gasteiger partial charge in [0.25, 0.3) is 0 Å². The Labute approximate surface area is 132 Å². The summed E-state index contributed by atoms with van der Waals surface area (Å²) < 4.78 is 1.36. The summed E-state index contributed by atoms with van der Waals surface area (Å²) in [6, 6.07) is 7.27. The molecule has 6 nitrogen and oxygen atoms in total. The molecule has 0 saturated carbocycles. The number of carbonyl (C=O) groups is 1. The lowest BCUT2D eigenvalue weighted by Gasteiger charge is -2.15. The highest BCUT2D eigenvalue weighted by atomic mass is 35.5. The molecule has 21 heavy (non-hydrogen) atoms. The zero-order chi connectivity index (χ0) is 15.4. The molecule has 8 heteroatoms. The second-order valence-corrected chi connectivity index (χ2v) is 5.85. The first-order valence-corrected chi connectivity index (χ1v) is 7.69. The van der Waals surface area contributed by atoms with E-state index in [1.165, 1.54) is 16.4 Å². The third-order valence-electron chi connectivity index (χ3n) is 2.92. The van der Waals surface area contributed by atoms with Crippen LogP contribution in [0.2, 0.25) is 5.02 Å². The molecule has 112 valence electrons. The van der Waals surface area contributed by atoms with Gasteiger partial charge in [-0.05, 0) is 25.5 Å². The van der Waals surface area contributed by atoms with Gasteiger partial charge in [0.15, 0.2) is 0 Å². The number of halogens is 1. The highest BCUT2D eigenvalue weighted by molar-refractivity contribution is 7.99. The Bertz CT molecular complexity index is 645. The predicted octanol–water partition coefficient (Wildman–Crippen LogP) is 1.92. The number of nitrogens with two attached hydrogens (primary N) is 1. The van der Waals surface area contributed by atoms with Crippen LogP contribution in [0, 0.1) is 6.92 Å². The van der Waals surface area contributed by atoms with E-state index in [2.05, 4.69) is 15.5 Å². The van der Waals surface area contributed by atoms with Crippen molar-refractivity contribution in [3.8, 4) is 0 Å². The van der Waals surface area contributed by atoms with Crippen LogP contribution in [0.15, 0.2) is 29.4 Å². The van der Waals surface area contributed by atoms with Crippen molar-refractivity contribution in [2.45, 2.75) is 25.0 Å². The lowest BCUT2D eigenvalue weighted by atomic mass is 10.1. The smallest absolute Gasteiger partial charge is 0.230 e. The highest BCUT2D eigenvalue weighted by Crippen LogP contribution is 2.22. The number of nitrogen functional groups attached to an aromatic ring is 1. The Morgan fingerprint density at radius 3 is 2.81 bits per heavy atom. The maximum atomic E-state index is 12.0. The SMILES string of the molecule is Cc1nnc(SCC(=O)N[C@@H](C)c2ccccc2Cl)n1N. The van der Waals surface area contributed by atoms with Crippen LogP contribution in [0.4, 0.5) is 0 Å². The average molecular weight is 326 g/mol. The lowest BCUT2D eigenvalue weighted by Crippen LogP contribution is -2.28. The van der Waals surface area contributed by atoms with E-state index in [1.54, 1.807) is 13.0 Å². The van der Waals surface area contributed by atoms with Crippen LogP contribution in [-0.4, -0.2) is 26.5 Å². The fraction of sp³-hybridized carbons (Fsp3) is 0.308. The molecule has 1 heterocycles. The topological polar surface area (TPSA) is 85.8 Å². The number of benzene rings is 1. The summed E-state index contributed by atoms with van der Waals surface area (Å²) in [6.07, 6.45) is 0. The van der Waals surface area contributed by atoms with E-state index >= 15 is 0 Å². The van der Waals surface area contributed by atoms with Gasteiger partial charge in [-0.15, -0.1) is 10.2 Å². The molecule has 0 radical (unpaired) electrons. The van der Waals surface area contributed by atoms with Gasteiger partial charge < -0.3 is 11.2 Å². The summed E-state index contributed by atoms with van der Waals surface area (Å²) in [5, 5.41) is 11.8. The molecule has 0 aliphatic heterocycles. The Morgan fingerprint density at radius 2 is 2.19 bits per heavy atom. The van der Waals surface area contributed by atoms with Crippen LogP contribution >= 0.6 is 23.4 Å². The number of aromatic nitrogens is 3. The van der Waals surface area contributed by atoms with E-state index in [0.717, 1.165) is 5.56 Å². The van der Waals surface area contributed by atoms with Gasteiger partial charge in [-0.3, -0.25) is 4.79 Å². The van der Waals surface area contributed by atoms with Gasteiger partial charge in [0.05, 0.1) is 11.8 Å². The van der Waals surface area contributed by atoms with Crippen molar-refractivity contribution in [1.82, 2.24) is 20.2 Å². The van der Waals surface area contributed by atoms with Gasteiger partial charge >= 0.3 is 0 Å². The lowest BCUT2D eigenvalue weighted by molar-refractivity contribution is -0.119. The standard InChI is InChI=1S/C13H16ClN5OS/c1-8(10-5-3-4-6-11(10)14)16-12(20)7-21-13-18-17-9(2)19(13)15/h3-6,8H,7,15H2,1-2H3,(H,16,20)/t8-/m0/s1. The number of thioether (sulfide) groups is 1. The van der Waals surface area contributed by atoms with Crippen LogP contribution in [0.5, 0.6) is 0 Å². The normalized spacial score (nSPS) is 12.1. The molecule has 0 bridgehead atoms. The number of rotatable bonds is 5. The minimum Gasteiger partial charge on any atom is -0.349 e. The molecule has 1 aromatic heterocycles. The van der Waals surface area contributed by atoms with E-state index in [-0.39, 0.29) is 17.7 Å². The monoisotopic (exact) mass is 325 g/mol. The number of hydrogen-bond acceptors (Lipinski definition) is 5. The molecule has 1 amide bonds. The Balaban J connectivity index is 1.90. The third-order valence-corrected chi connectivity index (χ3v) is 4.20. The van der Waals surface area contributed by atoms with Crippen molar-refractivity contribution >= 4 is 29.3 Å². The Hall–Kier alpha value is -1.73. The van der Waals surface area contributed by atoms with Crippen molar-refractivity contribution in [1.29, 1.82) is 0 Å². The van der Waals surface area contributed by atoms with Crippen molar-refractivity contribution in [2.75, 3.05) is 11.6 Å². The number of nitrogens with one attached hydrogen (secondary N) is 1. The van der Waals surface area contributed by atoms with E-state index in [9.17, 15) is 4.79 Å². The summed E-state index contributed by atoms with van der Waals surface area (Å²) in [5.74, 6) is 6.42. The molecule has 1 atom stereocenters. The Morgan fingerprint density at radius 1 is 1.48 bits per heavy atom. The van der Waals surface area contributed by atoms with Gasteiger partial charge in [-0.2, -0.15) is 0 Å². The van der Waals surface area contributed by atoms with Gasteiger partial charge in [0.1, 0.15) is 5.82 Å². The van der Waals surface area contributed by atoms with Crippen LogP contribution in [0.1, 0.15) is 24.4 Å². The fourth-order valence-electron chi connectivity index (χ4n) is 1.77. The van der Waals surface area contributed by atoms with E-state index in [1.807, 2.05) is 25.1 Å². The number of amides is 1. The second kappa shape index (κ2) is 6.82. The molecular formula is C13H16ClN5OS. The van der Waals surface area contributed by atoms with Crippen molar-refractivity contribution < 1.29 is 4.79 Å². The van der Waals surface area contributed by atoms with Gasteiger partial charge in [0.2, 0.25) is 11.1 Å². The third kappa shape index (κ3) is 3.89. The summed E-state index contributed by atoms with van der Waals surface area (Å²) in [4.78, 5) is 12.0. The first kappa shape index (κ1) is 15.7. The van der Waals surface area contributed by atoms with Gasteiger partial charge in [0, 0.05) is 5.02 Å². The zero-order valence-electron chi connectivity index (χ0n) is 11.7. The molecule has 0 aliphatic carbocycles. The van der Waals surface area contributed by atoms with Crippen LogP contribution < -0.4 is 11.2 Å². The van der Waals surface area contributed by atoms with Crippen LogP contribution in [-0.2, 0) is 4.79 Å². The molecule has 2 rings (SSSR count). The fourth-order valence-corrected chi connectivity index (χ4v) is 2.78. The molecule has 0 aliphatic rings. The van der Waals surface area contributed by atoms with Crippen LogP contribution in [0.3, 0.4) is 0 Å². The molecule has 2 aromatic rings. The van der Waals surface area contributed by atoms with Crippen molar-refractivity contribution in [3.05, 3.63) is 40.7 Å². The molecule has 0 spiro atoms. The predicted molar refractivity (Wildman–Crippen MR) is 83.6 cm³/mol.